The maximum Gasteiger partial charge on any atom is 0.248 e. The van der Waals surface area contributed by atoms with E-state index in [9.17, 15) is 19.5 Å². The van der Waals surface area contributed by atoms with Crippen LogP contribution in [0.3, 0.4) is 0 Å². The highest BCUT2D eigenvalue weighted by Crippen LogP contribution is 2.66. The summed E-state index contributed by atoms with van der Waals surface area (Å²) < 4.78 is 6.99. The summed E-state index contributed by atoms with van der Waals surface area (Å²) in [6, 6.07) is 16.8. The maximum atomic E-state index is 14.9. The fraction of sp³-hybridized carbons (Fsp3) is 0.472. The van der Waals surface area contributed by atoms with E-state index in [1.54, 1.807) is 26.9 Å². The van der Waals surface area contributed by atoms with Gasteiger partial charge in [-0.05, 0) is 43.4 Å². The number of rotatable bonds is 13. The number of hydrogen-bond donors (Lipinski definition) is 1. The molecule has 3 saturated heterocycles. The van der Waals surface area contributed by atoms with Crippen molar-refractivity contribution in [2.45, 2.75) is 63.3 Å². The van der Waals surface area contributed by atoms with Gasteiger partial charge in [0, 0.05) is 25.3 Å². The highest BCUT2D eigenvalue weighted by Gasteiger charge is 2.80. The molecule has 0 radical (unpaired) electrons. The van der Waals surface area contributed by atoms with Gasteiger partial charge in [0.15, 0.2) is 0 Å². The van der Waals surface area contributed by atoms with Crippen molar-refractivity contribution in [3.63, 3.8) is 0 Å². The Balaban J connectivity index is 1.67. The van der Waals surface area contributed by atoms with E-state index >= 15 is 0 Å². The van der Waals surface area contributed by atoms with Crippen LogP contribution in [-0.2, 0) is 19.1 Å². The number of carbonyl (C=O) groups excluding carboxylic acids is 3. The van der Waals surface area contributed by atoms with E-state index in [0.29, 0.717) is 25.2 Å². The molecule has 3 aliphatic heterocycles. The van der Waals surface area contributed by atoms with Crippen molar-refractivity contribution in [3.8, 4) is 0 Å². The standard InChI is InChI=1S/C36H45N3O5/c1-6-9-22-37(20-7-2)34(43)31-36-23-25(4)35(5,44-36)29(32(41)38(21-8-3)27-18-14-11-15-19-27)30(36)33(42)39(31)28(24-40)26-16-12-10-13-17-26/h7-8,10-19,25,28-31,40H,2-3,6,9,20-24H2,1,4-5H3/t25?,28-,29-,30+,31?,35+,36?/m1/s1. The molecule has 8 nitrogen and oxygen atoms in total. The molecule has 3 fully saturated rings. The van der Waals surface area contributed by atoms with Gasteiger partial charge in [-0.2, -0.15) is 0 Å². The summed E-state index contributed by atoms with van der Waals surface area (Å²) in [6.45, 7) is 14.5. The topological polar surface area (TPSA) is 90.4 Å². The molecule has 1 spiro atoms. The Hall–Kier alpha value is -3.75. The normalized spacial score (nSPS) is 29.3. The van der Waals surface area contributed by atoms with Gasteiger partial charge in [-0.1, -0.05) is 81.0 Å². The third-order valence-electron chi connectivity index (χ3n) is 10.0. The number of benzene rings is 2. The number of aliphatic hydroxyl groups excluding tert-OH is 1. The van der Waals surface area contributed by atoms with Gasteiger partial charge in [0.2, 0.25) is 17.7 Å². The molecular formula is C36H45N3O5. The van der Waals surface area contributed by atoms with Crippen LogP contribution in [0.2, 0.25) is 0 Å². The van der Waals surface area contributed by atoms with Crippen molar-refractivity contribution in [1.29, 1.82) is 0 Å². The second-order valence-electron chi connectivity index (χ2n) is 12.6. The molecule has 3 unspecified atom stereocenters. The number of fused-ring (bicyclic) bond motifs is 1. The van der Waals surface area contributed by atoms with E-state index in [-0.39, 0.29) is 36.8 Å². The zero-order valence-electron chi connectivity index (χ0n) is 26.1. The van der Waals surface area contributed by atoms with Crippen molar-refractivity contribution in [2.24, 2.45) is 17.8 Å². The summed E-state index contributed by atoms with van der Waals surface area (Å²) >= 11 is 0. The highest BCUT2D eigenvalue weighted by molar-refractivity contribution is 6.03. The van der Waals surface area contributed by atoms with Crippen molar-refractivity contribution < 1.29 is 24.2 Å². The van der Waals surface area contributed by atoms with Gasteiger partial charge in [0.1, 0.15) is 11.6 Å². The molecule has 2 aromatic carbocycles. The lowest BCUT2D eigenvalue weighted by Crippen LogP contribution is -2.57. The van der Waals surface area contributed by atoms with Crippen LogP contribution in [0, 0.1) is 17.8 Å². The van der Waals surface area contributed by atoms with Gasteiger partial charge in [-0.15, -0.1) is 13.2 Å². The number of hydrogen-bond acceptors (Lipinski definition) is 5. The second-order valence-corrected chi connectivity index (χ2v) is 12.6. The van der Waals surface area contributed by atoms with E-state index in [0.717, 1.165) is 18.4 Å². The molecule has 3 amide bonds. The quantitative estimate of drug-likeness (QED) is 0.335. The molecule has 3 heterocycles. The summed E-state index contributed by atoms with van der Waals surface area (Å²) in [4.78, 5) is 49.3. The number of carbonyl (C=O) groups is 3. The van der Waals surface area contributed by atoms with Crippen LogP contribution in [0.15, 0.2) is 86.0 Å². The van der Waals surface area contributed by atoms with Gasteiger partial charge >= 0.3 is 0 Å². The maximum absolute atomic E-state index is 14.9. The second kappa shape index (κ2) is 12.7. The Morgan fingerprint density at radius 1 is 1.07 bits per heavy atom. The van der Waals surface area contributed by atoms with Gasteiger partial charge in [-0.25, -0.2) is 0 Å². The van der Waals surface area contributed by atoms with Crippen LogP contribution in [0.5, 0.6) is 0 Å². The molecular weight excluding hydrogens is 554 g/mol. The van der Waals surface area contributed by atoms with Gasteiger partial charge in [0.05, 0.1) is 30.1 Å². The number of amides is 3. The Morgan fingerprint density at radius 3 is 2.30 bits per heavy atom. The molecule has 8 heteroatoms. The molecule has 0 aromatic heterocycles. The minimum Gasteiger partial charge on any atom is -0.394 e. The fourth-order valence-corrected chi connectivity index (χ4v) is 7.89. The average Bonchev–Trinajstić information content (AvgIpc) is 3.55. The molecule has 7 atom stereocenters. The SMILES string of the molecule is C=CCN(CCCC)C(=O)C1N([C@H](CO)c2ccccc2)C(=O)[C@@H]2[C@H](C(=O)N(CC=C)c3ccccc3)[C@@]3(C)OC12CC3C. The van der Waals surface area contributed by atoms with Crippen LogP contribution in [0.25, 0.3) is 0 Å². The number of ether oxygens (including phenoxy) is 1. The van der Waals surface area contributed by atoms with E-state index in [4.69, 9.17) is 4.74 Å². The van der Waals surface area contributed by atoms with E-state index in [2.05, 4.69) is 20.1 Å². The van der Waals surface area contributed by atoms with Crippen LogP contribution in [0.4, 0.5) is 5.69 Å². The summed E-state index contributed by atoms with van der Waals surface area (Å²) in [5.41, 5.74) is -0.775. The first kappa shape index (κ1) is 31.7. The highest BCUT2D eigenvalue weighted by atomic mass is 16.5. The molecule has 234 valence electrons. The van der Waals surface area contributed by atoms with Gasteiger partial charge < -0.3 is 24.5 Å². The number of para-hydroxylation sites is 1. The van der Waals surface area contributed by atoms with Gasteiger partial charge in [0.25, 0.3) is 0 Å². The molecule has 44 heavy (non-hydrogen) atoms. The van der Waals surface area contributed by atoms with Crippen LogP contribution >= 0.6 is 0 Å². The number of aliphatic hydroxyl groups is 1. The van der Waals surface area contributed by atoms with Crippen molar-refractivity contribution in [1.82, 2.24) is 9.80 Å². The molecule has 2 bridgehead atoms. The molecule has 0 saturated carbocycles. The fourth-order valence-electron chi connectivity index (χ4n) is 7.89. The molecule has 2 aromatic rings. The Morgan fingerprint density at radius 2 is 1.70 bits per heavy atom. The third-order valence-corrected chi connectivity index (χ3v) is 10.0. The monoisotopic (exact) mass is 599 g/mol. The predicted octanol–water partition coefficient (Wildman–Crippen LogP) is 4.76. The van der Waals surface area contributed by atoms with E-state index < -0.39 is 35.1 Å². The molecule has 3 aliphatic rings. The first-order valence-corrected chi connectivity index (χ1v) is 15.7. The Kier molecular flexibility index (Phi) is 9.14. The first-order valence-electron chi connectivity index (χ1n) is 15.7. The van der Waals surface area contributed by atoms with Gasteiger partial charge in [-0.3, -0.25) is 14.4 Å². The average molecular weight is 600 g/mol. The molecule has 1 N–H and O–H groups in total. The largest absolute Gasteiger partial charge is 0.394 e. The summed E-state index contributed by atoms with van der Waals surface area (Å²) in [5, 5.41) is 10.8. The molecule has 0 aliphatic carbocycles. The van der Waals surface area contributed by atoms with Crippen LogP contribution < -0.4 is 4.90 Å². The minimum atomic E-state index is -1.23. The number of nitrogens with zero attached hydrogens (tertiary/aromatic N) is 3. The summed E-state index contributed by atoms with van der Waals surface area (Å²) in [7, 11) is 0. The van der Waals surface area contributed by atoms with Crippen LogP contribution in [-0.4, -0.2) is 76.1 Å². The van der Waals surface area contributed by atoms with E-state index in [1.165, 1.54) is 0 Å². The van der Waals surface area contributed by atoms with Crippen LogP contribution in [0.1, 0.15) is 51.6 Å². The molecule has 5 rings (SSSR count). The zero-order chi connectivity index (χ0) is 31.6. The smallest absolute Gasteiger partial charge is 0.248 e. The zero-order valence-corrected chi connectivity index (χ0v) is 26.1. The lowest BCUT2D eigenvalue weighted by molar-refractivity contribution is -0.155. The minimum absolute atomic E-state index is 0.107. The van der Waals surface area contributed by atoms with Crippen molar-refractivity contribution in [2.75, 3.05) is 31.1 Å². The lowest BCUT2D eigenvalue weighted by Gasteiger charge is -2.39. The number of unbranched alkanes of at least 4 members (excludes halogenated alkanes) is 1. The summed E-state index contributed by atoms with van der Waals surface area (Å²) in [5.74, 6) is -2.63. The first-order chi connectivity index (χ1) is 21.2. The number of anilines is 1. The van der Waals surface area contributed by atoms with E-state index in [1.807, 2.05) is 74.5 Å². The van der Waals surface area contributed by atoms with Crippen molar-refractivity contribution in [3.05, 3.63) is 91.5 Å². The predicted molar refractivity (Wildman–Crippen MR) is 171 cm³/mol. The number of likely N-dealkylation sites (tertiary alicyclic amines) is 1. The Bertz CT molecular complexity index is 1380. The Labute approximate surface area is 261 Å². The summed E-state index contributed by atoms with van der Waals surface area (Å²) in [6.07, 6.45) is 5.51. The lowest BCUT2D eigenvalue weighted by atomic mass is 9.62. The van der Waals surface area contributed by atoms with Crippen molar-refractivity contribution >= 4 is 23.4 Å². The third kappa shape index (κ3) is 4.98.